The molecule has 2 amide bonds. The topological polar surface area (TPSA) is 86.8 Å². The number of likely N-dealkylation sites (N-methyl/N-ethyl adjacent to an activating group) is 1. The van der Waals surface area contributed by atoms with Crippen LogP contribution in [0.4, 0.5) is 5.69 Å². The van der Waals surface area contributed by atoms with Crippen LogP contribution in [0.25, 0.3) is 0 Å². The number of aryl methyl sites for hydroxylation is 1. The molecule has 0 aliphatic heterocycles. The zero-order valence-electron chi connectivity index (χ0n) is 21.4. The molecule has 0 saturated heterocycles. The Balaban J connectivity index is 2.09. The van der Waals surface area contributed by atoms with Crippen LogP contribution >= 0.6 is 46.4 Å². The van der Waals surface area contributed by atoms with E-state index in [1.807, 2.05) is 6.92 Å². The smallest absolute Gasteiger partial charge is 0.264 e. The molecule has 39 heavy (non-hydrogen) atoms. The van der Waals surface area contributed by atoms with Crippen molar-refractivity contribution in [3.05, 3.63) is 91.9 Å². The van der Waals surface area contributed by atoms with Crippen LogP contribution in [0.1, 0.15) is 25.0 Å². The molecular weight excluding hydrogens is 604 g/mol. The van der Waals surface area contributed by atoms with E-state index in [1.165, 1.54) is 41.3 Å². The molecule has 0 aromatic heterocycles. The number of nitrogens with one attached hydrogen (secondary N) is 1. The standard InChI is InChI=1S/C27H27Cl4N3O4S/c1-4-32-27(36)18(3)33(15-19-7-8-20(28)13-24(19)31)26(35)16-34(25-14-21(29)9-12-23(25)30)39(37,38)22-10-5-17(2)6-11-22/h5-14,18H,4,15-16H2,1-3H3,(H,32,36)/t18-/m0/s1. The fourth-order valence-corrected chi connectivity index (χ4v) is 6.09. The van der Waals surface area contributed by atoms with E-state index in [1.54, 1.807) is 38.1 Å². The Morgan fingerprint density at radius 2 is 1.51 bits per heavy atom. The van der Waals surface area contributed by atoms with Crippen LogP contribution in [-0.4, -0.2) is 44.3 Å². The van der Waals surface area contributed by atoms with Gasteiger partial charge >= 0.3 is 0 Å². The molecule has 0 spiro atoms. The van der Waals surface area contributed by atoms with Gasteiger partial charge in [-0.15, -0.1) is 0 Å². The van der Waals surface area contributed by atoms with Gasteiger partial charge in [-0.1, -0.05) is 70.2 Å². The van der Waals surface area contributed by atoms with Crippen LogP contribution in [-0.2, 0) is 26.2 Å². The minimum atomic E-state index is -4.28. The van der Waals surface area contributed by atoms with Gasteiger partial charge in [0.05, 0.1) is 15.6 Å². The fraction of sp³-hybridized carbons (Fsp3) is 0.259. The summed E-state index contributed by atoms with van der Waals surface area (Å²) in [6.45, 7) is 4.74. The third kappa shape index (κ3) is 7.58. The number of anilines is 1. The Kier molecular flexibility index (Phi) is 10.5. The first-order chi connectivity index (χ1) is 18.3. The summed E-state index contributed by atoms with van der Waals surface area (Å²) in [7, 11) is -4.28. The molecule has 0 unspecified atom stereocenters. The molecule has 0 bridgehead atoms. The highest BCUT2D eigenvalue weighted by Crippen LogP contribution is 2.33. The Bertz CT molecular complexity index is 1470. The first-order valence-electron chi connectivity index (χ1n) is 11.9. The summed E-state index contributed by atoms with van der Waals surface area (Å²) in [6, 6.07) is 14.4. The van der Waals surface area contributed by atoms with Crippen LogP contribution < -0.4 is 9.62 Å². The predicted octanol–water partition coefficient (Wildman–Crippen LogP) is 6.36. The van der Waals surface area contributed by atoms with Crippen LogP contribution in [0.5, 0.6) is 0 Å². The highest BCUT2D eigenvalue weighted by molar-refractivity contribution is 7.92. The van der Waals surface area contributed by atoms with Crippen molar-refractivity contribution in [2.75, 3.05) is 17.4 Å². The molecular formula is C27H27Cl4N3O4S. The van der Waals surface area contributed by atoms with E-state index in [-0.39, 0.29) is 27.2 Å². The molecule has 3 aromatic carbocycles. The molecule has 208 valence electrons. The van der Waals surface area contributed by atoms with Crippen molar-refractivity contribution in [1.29, 1.82) is 0 Å². The molecule has 0 radical (unpaired) electrons. The number of benzene rings is 3. The monoisotopic (exact) mass is 629 g/mol. The lowest BCUT2D eigenvalue weighted by Crippen LogP contribution is -2.51. The van der Waals surface area contributed by atoms with Crippen LogP contribution in [0.2, 0.25) is 20.1 Å². The van der Waals surface area contributed by atoms with Crippen LogP contribution in [0.3, 0.4) is 0 Å². The molecule has 1 N–H and O–H groups in total. The van der Waals surface area contributed by atoms with E-state index in [0.717, 1.165) is 9.87 Å². The van der Waals surface area contributed by atoms with E-state index in [2.05, 4.69) is 5.32 Å². The second-order valence-corrected chi connectivity index (χ2v) is 12.3. The normalized spacial score (nSPS) is 12.1. The van der Waals surface area contributed by atoms with E-state index in [4.69, 9.17) is 46.4 Å². The number of carbonyl (C=O) groups is 2. The summed E-state index contributed by atoms with van der Waals surface area (Å²) in [4.78, 5) is 27.9. The zero-order chi connectivity index (χ0) is 28.9. The van der Waals surface area contributed by atoms with Crippen molar-refractivity contribution in [2.24, 2.45) is 0 Å². The molecule has 1 atom stereocenters. The van der Waals surface area contributed by atoms with Gasteiger partial charge < -0.3 is 10.2 Å². The van der Waals surface area contributed by atoms with Gasteiger partial charge in [0.2, 0.25) is 11.8 Å². The largest absolute Gasteiger partial charge is 0.355 e. The number of hydrogen-bond acceptors (Lipinski definition) is 4. The molecule has 0 heterocycles. The van der Waals surface area contributed by atoms with Gasteiger partial charge in [-0.2, -0.15) is 0 Å². The summed E-state index contributed by atoms with van der Waals surface area (Å²) in [5.74, 6) is -1.07. The van der Waals surface area contributed by atoms with Crippen molar-refractivity contribution >= 4 is 73.9 Å². The average molecular weight is 631 g/mol. The lowest BCUT2D eigenvalue weighted by molar-refractivity contribution is -0.139. The molecule has 3 aromatic rings. The second-order valence-electron chi connectivity index (χ2n) is 8.75. The van der Waals surface area contributed by atoms with E-state index in [9.17, 15) is 18.0 Å². The van der Waals surface area contributed by atoms with Crippen molar-refractivity contribution in [3.8, 4) is 0 Å². The number of carbonyl (C=O) groups excluding carboxylic acids is 2. The van der Waals surface area contributed by atoms with Gasteiger partial charge in [-0.25, -0.2) is 8.42 Å². The molecule has 12 heteroatoms. The molecule has 3 rings (SSSR count). The van der Waals surface area contributed by atoms with Gasteiger partial charge in [0.15, 0.2) is 0 Å². The lowest BCUT2D eigenvalue weighted by atomic mass is 10.1. The van der Waals surface area contributed by atoms with Gasteiger partial charge in [-0.05, 0) is 68.8 Å². The number of hydrogen-bond donors (Lipinski definition) is 1. The Morgan fingerprint density at radius 1 is 0.897 bits per heavy atom. The maximum atomic E-state index is 13.9. The number of halogens is 4. The van der Waals surface area contributed by atoms with Crippen LogP contribution in [0.15, 0.2) is 65.6 Å². The average Bonchev–Trinajstić information content (AvgIpc) is 2.88. The Hall–Kier alpha value is -2.49. The molecule has 0 aliphatic rings. The van der Waals surface area contributed by atoms with Crippen molar-refractivity contribution in [2.45, 2.75) is 38.3 Å². The fourth-order valence-electron chi connectivity index (χ4n) is 3.77. The molecule has 7 nitrogen and oxygen atoms in total. The minimum Gasteiger partial charge on any atom is -0.355 e. The maximum Gasteiger partial charge on any atom is 0.264 e. The number of rotatable bonds is 10. The van der Waals surface area contributed by atoms with E-state index < -0.39 is 34.4 Å². The number of amides is 2. The van der Waals surface area contributed by atoms with Crippen molar-refractivity contribution in [1.82, 2.24) is 10.2 Å². The zero-order valence-corrected chi connectivity index (χ0v) is 25.3. The third-order valence-corrected chi connectivity index (χ3v) is 8.85. The third-order valence-electron chi connectivity index (χ3n) is 5.94. The van der Waals surface area contributed by atoms with Gasteiger partial charge in [0, 0.05) is 28.2 Å². The van der Waals surface area contributed by atoms with Gasteiger partial charge in [-0.3, -0.25) is 13.9 Å². The summed E-state index contributed by atoms with van der Waals surface area (Å²) >= 11 is 25.0. The van der Waals surface area contributed by atoms with E-state index in [0.29, 0.717) is 22.2 Å². The summed E-state index contributed by atoms with van der Waals surface area (Å²) < 4.78 is 28.6. The minimum absolute atomic E-state index is 0.0215. The van der Waals surface area contributed by atoms with Gasteiger partial charge in [0.1, 0.15) is 12.6 Å². The highest BCUT2D eigenvalue weighted by atomic mass is 35.5. The second kappa shape index (κ2) is 13.2. The Labute approximate surface area is 248 Å². The quantitative estimate of drug-likeness (QED) is 0.283. The first-order valence-corrected chi connectivity index (χ1v) is 14.9. The summed E-state index contributed by atoms with van der Waals surface area (Å²) in [5, 5.41) is 3.70. The van der Waals surface area contributed by atoms with Crippen molar-refractivity contribution in [3.63, 3.8) is 0 Å². The van der Waals surface area contributed by atoms with E-state index >= 15 is 0 Å². The summed E-state index contributed by atoms with van der Waals surface area (Å²) in [6.07, 6.45) is 0. The highest BCUT2D eigenvalue weighted by Gasteiger charge is 2.33. The first kappa shape index (κ1) is 31.0. The predicted molar refractivity (Wildman–Crippen MR) is 157 cm³/mol. The molecule has 0 saturated carbocycles. The molecule has 0 fully saturated rings. The summed E-state index contributed by atoms with van der Waals surface area (Å²) in [5.41, 5.74) is 1.41. The lowest BCUT2D eigenvalue weighted by Gasteiger charge is -2.32. The maximum absolute atomic E-state index is 13.9. The SMILES string of the molecule is CCNC(=O)[C@H](C)N(Cc1ccc(Cl)cc1Cl)C(=O)CN(c1cc(Cl)ccc1Cl)S(=O)(=O)c1ccc(C)cc1. The van der Waals surface area contributed by atoms with Crippen molar-refractivity contribution < 1.29 is 18.0 Å². The number of sulfonamides is 1. The molecule has 0 aliphatic carbocycles. The Morgan fingerprint density at radius 3 is 2.13 bits per heavy atom. The number of nitrogens with zero attached hydrogens (tertiary/aromatic N) is 2. The van der Waals surface area contributed by atoms with Gasteiger partial charge in [0.25, 0.3) is 10.0 Å². The van der Waals surface area contributed by atoms with Crippen LogP contribution in [0, 0.1) is 6.92 Å².